The van der Waals surface area contributed by atoms with Crippen molar-refractivity contribution in [2.45, 2.75) is 27.3 Å². The fraction of sp³-hybridized carbons (Fsp3) is 0.211. The smallest absolute Gasteiger partial charge is 0.269 e. The van der Waals surface area contributed by atoms with Gasteiger partial charge in [0, 0.05) is 35.9 Å². The normalized spacial score (nSPS) is 11.1. The maximum atomic E-state index is 11.0. The fourth-order valence-electron chi connectivity index (χ4n) is 3.03. The van der Waals surface area contributed by atoms with Gasteiger partial charge in [-0.1, -0.05) is 12.1 Å². The molecule has 0 aliphatic carbocycles. The highest BCUT2D eigenvalue weighted by atomic mass is 32.1. The summed E-state index contributed by atoms with van der Waals surface area (Å²) >= 11 is 1.62. The molecular formula is C19H18N6O2S. The first kappa shape index (κ1) is 18.1. The minimum absolute atomic E-state index is 0.0735. The van der Waals surface area contributed by atoms with Gasteiger partial charge in [-0.2, -0.15) is 4.98 Å². The molecule has 0 atom stereocenters. The lowest BCUT2D eigenvalue weighted by molar-refractivity contribution is -0.384. The Hall–Kier alpha value is -3.33. The first-order valence-corrected chi connectivity index (χ1v) is 9.51. The molecule has 0 aliphatic rings. The predicted octanol–water partition coefficient (Wildman–Crippen LogP) is 4.32. The van der Waals surface area contributed by atoms with Crippen molar-refractivity contribution in [3.63, 3.8) is 0 Å². The SMILES string of the molecule is Cc1sc2nc(-n3ccnc3C)nc(NCc3cccc([N+](=O)[O-])c3)c2c1C. The van der Waals surface area contributed by atoms with E-state index in [0.29, 0.717) is 18.3 Å². The third-order valence-corrected chi connectivity index (χ3v) is 5.74. The van der Waals surface area contributed by atoms with E-state index in [-0.39, 0.29) is 5.69 Å². The van der Waals surface area contributed by atoms with Crippen LogP contribution in [-0.2, 0) is 6.54 Å². The van der Waals surface area contributed by atoms with E-state index in [0.717, 1.165) is 27.2 Å². The average Bonchev–Trinajstić information content (AvgIpc) is 3.23. The van der Waals surface area contributed by atoms with Gasteiger partial charge in [-0.05, 0) is 31.9 Å². The maximum absolute atomic E-state index is 11.0. The number of benzene rings is 1. The van der Waals surface area contributed by atoms with Crippen LogP contribution in [0.3, 0.4) is 0 Å². The highest BCUT2D eigenvalue weighted by Gasteiger charge is 2.16. The summed E-state index contributed by atoms with van der Waals surface area (Å²) in [5.41, 5.74) is 2.02. The van der Waals surface area contributed by atoms with Gasteiger partial charge in [-0.25, -0.2) is 9.97 Å². The Morgan fingerprint density at radius 1 is 1.25 bits per heavy atom. The van der Waals surface area contributed by atoms with Crippen LogP contribution in [0.2, 0.25) is 0 Å². The zero-order chi connectivity index (χ0) is 19.8. The summed E-state index contributed by atoms with van der Waals surface area (Å²) < 4.78 is 1.84. The van der Waals surface area contributed by atoms with Crippen LogP contribution in [0.5, 0.6) is 0 Å². The number of aryl methyl sites for hydroxylation is 3. The van der Waals surface area contributed by atoms with Crippen LogP contribution in [-0.4, -0.2) is 24.4 Å². The lowest BCUT2D eigenvalue weighted by atomic mass is 10.2. The Labute approximate surface area is 165 Å². The first-order chi connectivity index (χ1) is 13.4. The molecule has 4 aromatic rings. The van der Waals surface area contributed by atoms with Crippen molar-refractivity contribution >= 4 is 33.1 Å². The molecule has 1 aromatic carbocycles. The second kappa shape index (κ2) is 7.01. The number of nitro benzene ring substituents is 1. The molecule has 0 unspecified atom stereocenters. The molecule has 1 N–H and O–H groups in total. The van der Waals surface area contributed by atoms with Crippen molar-refractivity contribution in [2.24, 2.45) is 0 Å². The standard InChI is InChI=1S/C19H18N6O2S/c1-11-12(2)28-18-16(11)17(22-19(23-18)24-8-7-20-13(24)3)21-10-14-5-4-6-15(9-14)25(26)27/h4-9H,10H2,1-3H3,(H,21,22,23). The van der Waals surface area contributed by atoms with E-state index in [1.807, 2.05) is 23.8 Å². The topological polar surface area (TPSA) is 98.8 Å². The molecule has 9 heteroatoms. The number of thiophene rings is 1. The maximum Gasteiger partial charge on any atom is 0.269 e. The predicted molar refractivity (Wildman–Crippen MR) is 109 cm³/mol. The number of nitrogens with one attached hydrogen (secondary N) is 1. The molecule has 0 radical (unpaired) electrons. The molecule has 8 nitrogen and oxygen atoms in total. The average molecular weight is 394 g/mol. The summed E-state index contributed by atoms with van der Waals surface area (Å²) in [5, 5.41) is 15.3. The number of anilines is 1. The van der Waals surface area contributed by atoms with E-state index < -0.39 is 4.92 Å². The Morgan fingerprint density at radius 2 is 2.07 bits per heavy atom. The second-order valence-electron chi connectivity index (χ2n) is 6.46. The summed E-state index contributed by atoms with van der Waals surface area (Å²) in [6.07, 6.45) is 3.54. The second-order valence-corrected chi connectivity index (χ2v) is 7.66. The van der Waals surface area contributed by atoms with Crippen LogP contribution in [0.15, 0.2) is 36.7 Å². The van der Waals surface area contributed by atoms with Crippen LogP contribution < -0.4 is 5.32 Å². The van der Waals surface area contributed by atoms with Gasteiger partial charge in [-0.3, -0.25) is 14.7 Å². The molecule has 4 rings (SSSR count). The molecule has 0 fully saturated rings. The van der Waals surface area contributed by atoms with Crippen molar-refractivity contribution in [3.8, 4) is 5.95 Å². The van der Waals surface area contributed by atoms with E-state index in [1.54, 1.807) is 29.7 Å². The molecule has 28 heavy (non-hydrogen) atoms. The van der Waals surface area contributed by atoms with Crippen LogP contribution >= 0.6 is 11.3 Å². The minimum atomic E-state index is -0.390. The molecule has 0 saturated carbocycles. The van der Waals surface area contributed by atoms with Gasteiger partial charge in [0.15, 0.2) is 0 Å². The Kier molecular flexibility index (Phi) is 4.52. The van der Waals surface area contributed by atoms with Crippen LogP contribution in [0.25, 0.3) is 16.2 Å². The Morgan fingerprint density at radius 3 is 2.79 bits per heavy atom. The Bertz CT molecular complexity index is 1200. The summed E-state index contributed by atoms with van der Waals surface area (Å²) in [6, 6.07) is 6.59. The van der Waals surface area contributed by atoms with E-state index >= 15 is 0 Å². The van der Waals surface area contributed by atoms with E-state index in [9.17, 15) is 10.1 Å². The molecule has 3 aromatic heterocycles. The molecular weight excluding hydrogens is 376 g/mol. The Balaban J connectivity index is 1.75. The van der Waals surface area contributed by atoms with Crippen LogP contribution in [0.1, 0.15) is 21.8 Å². The number of rotatable bonds is 5. The monoisotopic (exact) mass is 394 g/mol. The van der Waals surface area contributed by atoms with E-state index in [2.05, 4.69) is 24.1 Å². The van der Waals surface area contributed by atoms with Crippen LogP contribution in [0, 0.1) is 30.9 Å². The van der Waals surface area contributed by atoms with Crippen molar-refractivity contribution in [1.82, 2.24) is 19.5 Å². The number of aromatic nitrogens is 4. The molecule has 0 bridgehead atoms. The van der Waals surface area contributed by atoms with Gasteiger partial charge < -0.3 is 5.32 Å². The van der Waals surface area contributed by atoms with Gasteiger partial charge in [0.25, 0.3) is 5.69 Å². The molecule has 0 aliphatic heterocycles. The first-order valence-electron chi connectivity index (χ1n) is 8.69. The number of fused-ring (bicyclic) bond motifs is 1. The summed E-state index contributed by atoms with van der Waals surface area (Å²) in [7, 11) is 0. The number of hydrogen-bond donors (Lipinski definition) is 1. The summed E-state index contributed by atoms with van der Waals surface area (Å²) in [6.45, 7) is 6.44. The third-order valence-electron chi connectivity index (χ3n) is 4.64. The quantitative estimate of drug-likeness (QED) is 0.400. The zero-order valence-electron chi connectivity index (χ0n) is 15.6. The summed E-state index contributed by atoms with van der Waals surface area (Å²) in [4.78, 5) is 26.4. The molecule has 0 amide bonds. The van der Waals surface area contributed by atoms with Gasteiger partial charge in [0.2, 0.25) is 5.95 Å². The summed E-state index contributed by atoms with van der Waals surface area (Å²) in [5.74, 6) is 2.06. The zero-order valence-corrected chi connectivity index (χ0v) is 16.4. The highest BCUT2D eigenvalue weighted by Crippen LogP contribution is 2.34. The number of non-ortho nitro benzene ring substituents is 1. The number of nitro groups is 1. The van der Waals surface area contributed by atoms with Crippen molar-refractivity contribution in [2.75, 3.05) is 5.32 Å². The van der Waals surface area contributed by atoms with E-state index in [4.69, 9.17) is 9.97 Å². The lowest BCUT2D eigenvalue weighted by Gasteiger charge is -2.11. The third kappa shape index (κ3) is 3.20. The highest BCUT2D eigenvalue weighted by molar-refractivity contribution is 7.18. The minimum Gasteiger partial charge on any atom is -0.365 e. The number of nitrogens with zero attached hydrogens (tertiary/aromatic N) is 5. The molecule has 3 heterocycles. The van der Waals surface area contributed by atoms with Gasteiger partial charge in [0.05, 0.1) is 10.3 Å². The van der Waals surface area contributed by atoms with Crippen molar-refractivity contribution in [1.29, 1.82) is 0 Å². The molecule has 142 valence electrons. The fourth-order valence-corrected chi connectivity index (χ4v) is 4.05. The van der Waals surface area contributed by atoms with Gasteiger partial charge in [0.1, 0.15) is 16.5 Å². The van der Waals surface area contributed by atoms with Crippen LogP contribution in [0.4, 0.5) is 11.5 Å². The van der Waals surface area contributed by atoms with E-state index in [1.165, 1.54) is 10.9 Å². The molecule has 0 spiro atoms. The van der Waals surface area contributed by atoms with Gasteiger partial charge >= 0.3 is 0 Å². The largest absolute Gasteiger partial charge is 0.365 e. The number of imidazole rings is 1. The van der Waals surface area contributed by atoms with Gasteiger partial charge in [-0.15, -0.1) is 11.3 Å². The molecule has 0 saturated heterocycles. The lowest BCUT2D eigenvalue weighted by Crippen LogP contribution is -2.08. The van der Waals surface area contributed by atoms with Crippen molar-refractivity contribution < 1.29 is 4.92 Å². The number of hydrogen-bond acceptors (Lipinski definition) is 7. The van der Waals surface area contributed by atoms with Crippen molar-refractivity contribution in [3.05, 3.63) is 68.6 Å².